The molecule has 4 amide bonds. The third-order valence-electron chi connectivity index (χ3n) is 4.81. The van der Waals surface area contributed by atoms with Crippen molar-refractivity contribution in [3.05, 3.63) is 83.4 Å². The van der Waals surface area contributed by atoms with Gasteiger partial charge >= 0.3 is 6.03 Å². The molecule has 3 aromatic carbocycles. The fraction of sp³-hybridized carbons (Fsp3) is 0.0870. The largest absolute Gasteiger partial charge is 0.496 e. The van der Waals surface area contributed by atoms with Gasteiger partial charge in [-0.05, 0) is 28.5 Å². The quantitative estimate of drug-likeness (QED) is 0.550. The van der Waals surface area contributed by atoms with E-state index in [9.17, 15) is 14.4 Å². The lowest BCUT2D eigenvalue weighted by Crippen LogP contribution is -2.53. The van der Waals surface area contributed by atoms with E-state index in [0.29, 0.717) is 11.3 Å². The zero-order chi connectivity index (χ0) is 20.4. The molecule has 1 fully saturated rings. The van der Waals surface area contributed by atoms with Crippen molar-refractivity contribution in [2.75, 3.05) is 7.11 Å². The van der Waals surface area contributed by atoms with Crippen LogP contribution < -0.4 is 10.1 Å². The molecular formula is C23H18N2O4. The first kappa shape index (κ1) is 18.4. The summed E-state index contributed by atoms with van der Waals surface area (Å²) >= 11 is 0. The Morgan fingerprint density at radius 3 is 2.41 bits per heavy atom. The average molecular weight is 386 g/mol. The Balaban J connectivity index is 1.78. The van der Waals surface area contributed by atoms with E-state index in [2.05, 4.69) is 5.32 Å². The number of hydrogen-bond acceptors (Lipinski definition) is 4. The van der Waals surface area contributed by atoms with Crippen LogP contribution in [0.5, 0.6) is 5.75 Å². The summed E-state index contributed by atoms with van der Waals surface area (Å²) < 4.78 is 5.44. The van der Waals surface area contributed by atoms with Crippen LogP contribution in [0.2, 0.25) is 0 Å². The first-order chi connectivity index (χ1) is 14.1. The Labute approximate surface area is 167 Å². The van der Waals surface area contributed by atoms with Crippen molar-refractivity contribution in [2.45, 2.75) is 6.54 Å². The first-order valence-electron chi connectivity index (χ1n) is 9.07. The Morgan fingerprint density at radius 1 is 0.931 bits per heavy atom. The number of methoxy groups -OCH3 is 1. The van der Waals surface area contributed by atoms with Crippen LogP contribution >= 0.6 is 0 Å². The number of amides is 4. The summed E-state index contributed by atoms with van der Waals surface area (Å²) in [5.74, 6) is -0.833. The van der Waals surface area contributed by atoms with E-state index >= 15 is 0 Å². The molecule has 144 valence electrons. The molecule has 0 spiro atoms. The summed E-state index contributed by atoms with van der Waals surface area (Å²) in [7, 11) is 1.53. The average Bonchev–Trinajstić information content (AvgIpc) is 2.74. The Bertz CT molecular complexity index is 1150. The predicted octanol–water partition coefficient (Wildman–Crippen LogP) is 3.51. The lowest BCUT2D eigenvalue weighted by atomic mass is 9.99. The first-order valence-corrected chi connectivity index (χ1v) is 9.07. The number of ether oxygens (including phenoxy) is 1. The summed E-state index contributed by atoms with van der Waals surface area (Å²) in [4.78, 5) is 38.8. The maximum Gasteiger partial charge on any atom is 0.331 e. The summed E-state index contributed by atoms with van der Waals surface area (Å²) in [6, 6.07) is 19.7. The van der Waals surface area contributed by atoms with Gasteiger partial charge in [0.15, 0.2) is 0 Å². The van der Waals surface area contributed by atoms with E-state index in [0.717, 1.165) is 21.2 Å². The van der Waals surface area contributed by atoms with Crippen LogP contribution in [0, 0.1) is 0 Å². The zero-order valence-corrected chi connectivity index (χ0v) is 15.7. The molecule has 0 bridgehead atoms. The number of rotatable bonds is 4. The molecule has 4 rings (SSSR count). The highest BCUT2D eigenvalue weighted by Crippen LogP contribution is 2.31. The van der Waals surface area contributed by atoms with Gasteiger partial charge in [-0.25, -0.2) is 4.79 Å². The molecule has 3 aromatic rings. The minimum absolute atomic E-state index is 0.0722. The molecule has 1 aliphatic heterocycles. The van der Waals surface area contributed by atoms with Crippen molar-refractivity contribution >= 4 is 34.7 Å². The van der Waals surface area contributed by atoms with Gasteiger partial charge in [-0.15, -0.1) is 0 Å². The van der Waals surface area contributed by atoms with E-state index in [1.165, 1.54) is 13.2 Å². The highest BCUT2D eigenvalue weighted by atomic mass is 16.5. The molecule has 0 saturated carbocycles. The van der Waals surface area contributed by atoms with Crippen molar-refractivity contribution in [1.29, 1.82) is 0 Å². The Morgan fingerprint density at radius 2 is 1.66 bits per heavy atom. The molecule has 0 aliphatic carbocycles. The van der Waals surface area contributed by atoms with E-state index in [1.807, 2.05) is 60.7 Å². The van der Waals surface area contributed by atoms with Crippen LogP contribution in [0.15, 0.2) is 72.3 Å². The number of benzene rings is 3. The fourth-order valence-corrected chi connectivity index (χ4v) is 3.35. The van der Waals surface area contributed by atoms with E-state index in [-0.39, 0.29) is 12.1 Å². The van der Waals surface area contributed by atoms with Gasteiger partial charge in [-0.2, -0.15) is 0 Å². The van der Waals surface area contributed by atoms with E-state index < -0.39 is 17.8 Å². The van der Waals surface area contributed by atoms with Crippen LogP contribution in [-0.2, 0) is 16.1 Å². The molecule has 0 unspecified atom stereocenters. The van der Waals surface area contributed by atoms with Crippen LogP contribution in [-0.4, -0.2) is 29.9 Å². The van der Waals surface area contributed by atoms with Gasteiger partial charge in [0, 0.05) is 5.56 Å². The molecule has 6 nitrogen and oxygen atoms in total. The maximum absolute atomic E-state index is 13.0. The molecule has 6 heteroatoms. The van der Waals surface area contributed by atoms with Gasteiger partial charge in [0.1, 0.15) is 11.3 Å². The Hall–Kier alpha value is -3.93. The predicted molar refractivity (Wildman–Crippen MR) is 109 cm³/mol. The molecule has 0 atom stereocenters. The second kappa shape index (κ2) is 7.59. The van der Waals surface area contributed by atoms with Crippen molar-refractivity contribution in [1.82, 2.24) is 10.2 Å². The van der Waals surface area contributed by atoms with Crippen LogP contribution in [0.25, 0.3) is 16.8 Å². The summed E-state index contributed by atoms with van der Waals surface area (Å²) in [5, 5.41) is 4.04. The van der Waals surface area contributed by atoms with Crippen molar-refractivity contribution < 1.29 is 19.1 Å². The number of nitrogens with one attached hydrogen (secondary N) is 1. The number of barbiturate groups is 1. The normalized spacial score (nSPS) is 15.7. The number of imide groups is 2. The van der Waals surface area contributed by atoms with Crippen molar-refractivity contribution in [3.8, 4) is 5.75 Å². The SMILES string of the molecule is COc1ccc2ccccc2c1C=C1C(=O)NC(=O)N(Cc2ccccc2)C1=O. The number of carbonyl (C=O) groups is 3. The number of urea groups is 1. The second-order valence-electron chi connectivity index (χ2n) is 6.60. The molecule has 29 heavy (non-hydrogen) atoms. The van der Waals surface area contributed by atoms with Gasteiger partial charge in [0.2, 0.25) is 0 Å². The molecule has 1 aliphatic rings. The maximum atomic E-state index is 13.0. The second-order valence-corrected chi connectivity index (χ2v) is 6.60. The summed E-state index contributed by atoms with van der Waals surface area (Å²) in [6.45, 7) is 0.0722. The van der Waals surface area contributed by atoms with Crippen LogP contribution in [0.4, 0.5) is 4.79 Å². The number of fused-ring (bicyclic) bond motifs is 1. The van der Waals surface area contributed by atoms with Gasteiger partial charge in [-0.3, -0.25) is 19.8 Å². The monoisotopic (exact) mass is 386 g/mol. The van der Waals surface area contributed by atoms with Crippen LogP contribution in [0.1, 0.15) is 11.1 Å². The van der Waals surface area contributed by atoms with Gasteiger partial charge in [-0.1, -0.05) is 60.7 Å². The fourth-order valence-electron chi connectivity index (χ4n) is 3.35. The summed E-state index contributed by atoms with van der Waals surface area (Å²) in [6.07, 6.45) is 1.49. The third-order valence-corrected chi connectivity index (χ3v) is 4.81. The molecule has 0 aromatic heterocycles. The highest BCUT2D eigenvalue weighted by Gasteiger charge is 2.36. The molecule has 1 saturated heterocycles. The number of nitrogens with zero attached hydrogens (tertiary/aromatic N) is 1. The standard InChI is InChI=1S/C23H18N2O4/c1-29-20-12-11-16-9-5-6-10-17(16)18(20)13-19-21(26)24-23(28)25(22(19)27)14-15-7-3-2-4-8-15/h2-13H,14H2,1H3,(H,24,26,28). The van der Waals surface area contributed by atoms with Gasteiger partial charge < -0.3 is 4.74 Å². The topological polar surface area (TPSA) is 75.7 Å². The summed E-state index contributed by atoms with van der Waals surface area (Å²) in [5.41, 5.74) is 1.28. The van der Waals surface area contributed by atoms with E-state index in [4.69, 9.17) is 4.74 Å². The van der Waals surface area contributed by atoms with Gasteiger partial charge in [0.05, 0.1) is 13.7 Å². The molecule has 0 radical (unpaired) electrons. The van der Waals surface area contributed by atoms with Gasteiger partial charge in [0.25, 0.3) is 11.8 Å². The van der Waals surface area contributed by atoms with Crippen LogP contribution in [0.3, 0.4) is 0 Å². The lowest BCUT2D eigenvalue weighted by molar-refractivity contribution is -0.130. The smallest absolute Gasteiger partial charge is 0.331 e. The molecule has 1 heterocycles. The van der Waals surface area contributed by atoms with Crippen molar-refractivity contribution in [2.24, 2.45) is 0 Å². The minimum Gasteiger partial charge on any atom is -0.496 e. The minimum atomic E-state index is -0.731. The highest BCUT2D eigenvalue weighted by molar-refractivity contribution is 6.31. The third kappa shape index (κ3) is 3.48. The number of carbonyl (C=O) groups excluding carboxylic acids is 3. The Kier molecular flexibility index (Phi) is 4.83. The molecule has 1 N–H and O–H groups in total. The molecular weight excluding hydrogens is 368 g/mol. The van der Waals surface area contributed by atoms with E-state index in [1.54, 1.807) is 6.07 Å². The van der Waals surface area contributed by atoms with Crippen molar-refractivity contribution in [3.63, 3.8) is 0 Å². The zero-order valence-electron chi connectivity index (χ0n) is 15.7. The lowest BCUT2D eigenvalue weighted by Gasteiger charge is -2.26. The number of hydrogen-bond donors (Lipinski definition) is 1.